The Hall–Kier alpha value is -0.900. The van der Waals surface area contributed by atoms with Crippen LogP contribution in [0.25, 0.3) is 0 Å². The van der Waals surface area contributed by atoms with Gasteiger partial charge in [-0.05, 0) is 32.7 Å². The Morgan fingerprint density at radius 3 is 2.80 bits per heavy atom. The molecule has 1 aromatic heterocycles. The SMILES string of the molecule is CNC(C)c1nnc(CC2CCCC2)o1. The molecule has 1 unspecified atom stereocenters. The molecule has 0 radical (unpaired) electrons. The van der Waals surface area contributed by atoms with Crippen LogP contribution in [0.5, 0.6) is 0 Å². The fraction of sp³-hybridized carbons (Fsp3) is 0.818. The zero-order valence-electron chi connectivity index (χ0n) is 9.49. The van der Waals surface area contributed by atoms with Crippen LogP contribution in [0, 0.1) is 5.92 Å². The van der Waals surface area contributed by atoms with Gasteiger partial charge in [-0.3, -0.25) is 0 Å². The van der Waals surface area contributed by atoms with E-state index in [1.807, 2.05) is 14.0 Å². The smallest absolute Gasteiger partial charge is 0.233 e. The molecule has 0 amide bonds. The molecule has 1 atom stereocenters. The summed E-state index contributed by atoms with van der Waals surface area (Å²) in [5.41, 5.74) is 0. The number of rotatable bonds is 4. The summed E-state index contributed by atoms with van der Waals surface area (Å²) in [6, 6.07) is 0.148. The minimum Gasteiger partial charge on any atom is -0.424 e. The van der Waals surface area contributed by atoms with Crippen LogP contribution in [0.3, 0.4) is 0 Å². The van der Waals surface area contributed by atoms with Crippen molar-refractivity contribution in [3.8, 4) is 0 Å². The van der Waals surface area contributed by atoms with Crippen LogP contribution in [0.2, 0.25) is 0 Å². The number of nitrogens with one attached hydrogen (secondary N) is 1. The maximum atomic E-state index is 5.61. The summed E-state index contributed by atoms with van der Waals surface area (Å²) >= 11 is 0. The second-order valence-corrected chi connectivity index (χ2v) is 4.40. The van der Waals surface area contributed by atoms with Gasteiger partial charge in [-0.15, -0.1) is 10.2 Å². The summed E-state index contributed by atoms with van der Waals surface area (Å²) in [5, 5.41) is 11.2. The molecule has 15 heavy (non-hydrogen) atoms. The van der Waals surface area contributed by atoms with Gasteiger partial charge in [0.2, 0.25) is 11.8 Å². The van der Waals surface area contributed by atoms with Crippen molar-refractivity contribution >= 4 is 0 Å². The molecule has 1 saturated carbocycles. The first kappa shape index (κ1) is 10.6. The van der Waals surface area contributed by atoms with Crippen LogP contribution >= 0.6 is 0 Å². The summed E-state index contributed by atoms with van der Waals surface area (Å²) in [4.78, 5) is 0. The standard InChI is InChI=1S/C11H19N3O/c1-8(12-2)11-14-13-10(15-11)7-9-5-3-4-6-9/h8-9,12H,3-7H2,1-2H3. The summed E-state index contributed by atoms with van der Waals surface area (Å²) < 4.78 is 5.61. The Kier molecular flexibility index (Phi) is 3.36. The number of nitrogens with zero attached hydrogens (tertiary/aromatic N) is 2. The first-order valence-electron chi connectivity index (χ1n) is 5.79. The van der Waals surface area contributed by atoms with Crippen molar-refractivity contribution in [2.75, 3.05) is 7.05 Å². The third-order valence-corrected chi connectivity index (χ3v) is 3.22. The van der Waals surface area contributed by atoms with E-state index in [0.29, 0.717) is 5.89 Å². The number of hydrogen-bond acceptors (Lipinski definition) is 4. The fourth-order valence-corrected chi connectivity index (χ4v) is 2.11. The molecule has 1 N–H and O–H groups in total. The molecule has 0 spiro atoms. The zero-order valence-corrected chi connectivity index (χ0v) is 9.49. The maximum Gasteiger partial charge on any atom is 0.233 e. The average molecular weight is 209 g/mol. The zero-order chi connectivity index (χ0) is 10.7. The van der Waals surface area contributed by atoms with Crippen LogP contribution < -0.4 is 5.32 Å². The van der Waals surface area contributed by atoms with Crippen LogP contribution in [-0.4, -0.2) is 17.2 Å². The molecular formula is C11H19N3O. The van der Waals surface area contributed by atoms with E-state index in [1.165, 1.54) is 25.7 Å². The molecule has 2 rings (SSSR count). The van der Waals surface area contributed by atoms with E-state index in [-0.39, 0.29) is 6.04 Å². The summed E-state index contributed by atoms with van der Waals surface area (Å²) in [5.74, 6) is 2.27. The van der Waals surface area contributed by atoms with Gasteiger partial charge in [0.15, 0.2) is 0 Å². The van der Waals surface area contributed by atoms with Crippen LogP contribution in [0.1, 0.15) is 50.4 Å². The van der Waals surface area contributed by atoms with E-state index in [4.69, 9.17) is 4.42 Å². The van der Waals surface area contributed by atoms with Crippen molar-refractivity contribution < 1.29 is 4.42 Å². The van der Waals surface area contributed by atoms with Crippen molar-refractivity contribution in [2.45, 2.75) is 45.1 Å². The lowest BCUT2D eigenvalue weighted by Gasteiger charge is -2.04. The van der Waals surface area contributed by atoms with Crippen molar-refractivity contribution in [1.29, 1.82) is 0 Å². The summed E-state index contributed by atoms with van der Waals surface area (Å²) in [7, 11) is 1.89. The Morgan fingerprint density at radius 2 is 2.13 bits per heavy atom. The number of aromatic nitrogens is 2. The van der Waals surface area contributed by atoms with Gasteiger partial charge in [-0.2, -0.15) is 0 Å². The van der Waals surface area contributed by atoms with Gasteiger partial charge in [0.05, 0.1) is 6.04 Å². The summed E-state index contributed by atoms with van der Waals surface area (Å²) in [6.07, 6.45) is 6.32. The molecule has 0 bridgehead atoms. The Morgan fingerprint density at radius 1 is 1.40 bits per heavy atom. The Bertz CT molecular complexity index is 305. The average Bonchev–Trinajstić information content (AvgIpc) is 2.88. The van der Waals surface area contributed by atoms with Crippen molar-refractivity contribution in [3.63, 3.8) is 0 Å². The molecule has 1 fully saturated rings. The normalized spacial score (nSPS) is 19.6. The molecule has 1 aliphatic carbocycles. The minimum absolute atomic E-state index is 0.148. The largest absolute Gasteiger partial charge is 0.424 e. The van der Waals surface area contributed by atoms with E-state index in [0.717, 1.165) is 18.2 Å². The van der Waals surface area contributed by atoms with Gasteiger partial charge in [-0.1, -0.05) is 12.8 Å². The lowest BCUT2D eigenvalue weighted by Crippen LogP contribution is -2.12. The van der Waals surface area contributed by atoms with Crippen molar-refractivity contribution in [2.24, 2.45) is 5.92 Å². The highest BCUT2D eigenvalue weighted by molar-refractivity contribution is 4.89. The first-order valence-corrected chi connectivity index (χ1v) is 5.79. The van der Waals surface area contributed by atoms with Gasteiger partial charge in [0.25, 0.3) is 0 Å². The third kappa shape index (κ3) is 2.56. The number of hydrogen-bond donors (Lipinski definition) is 1. The molecule has 0 saturated heterocycles. The molecule has 4 heteroatoms. The van der Waals surface area contributed by atoms with E-state index < -0.39 is 0 Å². The van der Waals surface area contributed by atoms with Gasteiger partial charge < -0.3 is 9.73 Å². The molecule has 84 valence electrons. The highest BCUT2D eigenvalue weighted by atomic mass is 16.4. The lowest BCUT2D eigenvalue weighted by molar-refractivity contribution is 0.380. The minimum atomic E-state index is 0.148. The molecule has 0 aliphatic heterocycles. The van der Waals surface area contributed by atoms with Crippen LogP contribution in [0.15, 0.2) is 4.42 Å². The quantitative estimate of drug-likeness (QED) is 0.825. The Balaban J connectivity index is 1.94. The molecule has 1 aliphatic rings. The Labute approximate surface area is 90.5 Å². The molecule has 0 aromatic carbocycles. The predicted octanol–water partition coefficient (Wildman–Crippen LogP) is 2.08. The van der Waals surface area contributed by atoms with Crippen LogP contribution in [0.4, 0.5) is 0 Å². The maximum absolute atomic E-state index is 5.61. The first-order chi connectivity index (χ1) is 7.29. The highest BCUT2D eigenvalue weighted by Crippen LogP contribution is 2.27. The fourth-order valence-electron chi connectivity index (χ4n) is 2.11. The third-order valence-electron chi connectivity index (χ3n) is 3.22. The molecular weight excluding hydrogens is 190 g/mol. The second-order valence-electron chi connectivity index (χ2n) is 4.40. The second kappa shape index (κ2) is 4.75. The van der Waals surface area contributed by atoms with E-state index >= 15 is 0 Å². The summed E-state index contributed by atoms with van der Waals surface area (Å²) in [6.45, 7) is 2.02. The van der Waals surface area contributed by atoms with E-state index in [1.54, 1.807) is 0 Å². The molecule has 1 aromatic rings. The van der Waals surface area contributed by atoms with Crippen LogP contribution in [-0.2, 0) is 6.42 Å². The van der Waals surface area contributed by atoms with Gasteiger partial charge in [0, 0.05) is 6.42 Å². The topological polar surface area (TPSA) is 51.0 Å². The van der Waals surface area contributed by atoms with Gasteiger partial charge in [-0.25, -0.2) is 0 Å². The van der Waals surface area contributed by atoms with Crippen molar-refractivity contribution in [3.05, 3.63) is 11.8 Å². The van der Waals surface area contributed by atoms with Crippen molar-refractivity contribution in [1.82, 2.24) is 15.5 Å². The molecule has 1 heterocycles. The lowest BCUT2D eigenvalue weighted by atomic mass is 10.0. The van der Waals surface area contributed by atoms with E-state index in [2.05, 4.69) is 15.5 Å². The highest BCUT2D eigenvalue weighted by Gasteiger charge is 2.19. The predicted molar refractivity (Wildman–Crippen MR) is 57.4 cm³/mol. The monoisotopic (exact) mass is 209 g/mol. The molecule has 4 nitrogen and oxygen atoms in total. The van der Waals surface area contributed by atoms with E-state index in [9.17, 15) is 0 Å². The van der Waals surface area contributed by atoms with Gasteiger partial charge in [0.1, 0.15) is 0 Å². The van der Waals surface area contributed by atoms with Gasteiger partial charge >= 0.3 is 0 Å².